The molecule has 0 aromatic heterocycles. The number of nitro benzene ring substituents is 1. The second-order valence-corrected chi connectivity index (χ2v) is 5.06. The number of nitro groups is 1. The van der Waals surface area contributed by atoms with Crippen LogP contribution < -0.4 is 4.90 Å². The molecule has 6 nitrogen and oxygen atoms in total. The normalized spacial score (nSPS) is 17.3. The van der Waals surface area contributed by atoms with Crippen LogP contribution in [0.5, 0.6) is 0 Å². The second kappa shape index (κ2) is 5.07. The smallest absolute Gasteiger partial charge is 0.269 e. The van der Waals surface area contributed by atoms with E-state index in [-0.39, 0.29) is 11.6 Å². The molecule has 0 bridgehead atoms. The molecule has 1 atom stereocenters. The van der Waals surface area contributed by atoms with Crippen LogP contribution in [0.2, 0.25) is 0 Å². The van der Waals surface area contributed by atoms with Crippen molar-refractivity contribution in [1.29, 1.82) is 0 Å². The fourth-order valence-corrected chi connectivity index (χ4v) is 2.58. The van der Waals surface area contributed by atoms with Crippen molar-refractivity contribution < 1.29 is 14.5 Å². The molecule has 3 rings (SSSR count). The summed E-state index contributed by atoms with van der Waals surface area (Å²) in [6.07, 6.45) is 0. The van der Waals surface area contributed by atoms with Gasteiger partial charge < -0.3 is 0 Å². The van der Waals surface area contributed by atoms with E-state index in [9.17, 15) is 19.7 Å². The number of hydrogen-bond donors (Lipinski definition) is 0. The van der Waals surface area contributed by atoms with Crippen molar-refractivity contribution in [2.24, 2.45) is 0 Å². The van der Waals surface area contributed by atoms with Gasteiger partial charge in [0.15, 0.2) is 0 Å². The number of rotatable bonds is 2. The molecule has 0 aliphatic carbocycles. The first-order valence-corrected chi connectivity index (χ1v) is 6.72. The van der Waals surface area contributed by atoms with Crippen LogP contribution >= 0.6 is 0 Å². The highest BCUT2D eigenvalue weighted by atomic mass is 16.6. The van der Waals surface area contributed by atoms with Gasteiger partial charge in [-0.25, -0.2) is 4.90 Å². The van der Waals surface area contributed by atoms with Crippen molar-refractivity contribution in [1.82, 2.24) is 0 Å². The van der Waals surface area contributed by atoms with Crippen molar-refractivity contribution in [3.63, 3.8) is 0 Å². The van der Waals surface area contributed by atoms with Gasteiger partial charge in [0.2, 0.25) is 5.91 Å². The third kappa shape index (κ3) is 2.05. The van der Waals surface area contributed by atoms with Gasteiger partial charge in [0.05, 0.1) is 16.5 Å². The molecule has 0 saturated heterocycles. The maximum Gasteiger partial charge on any atom is 0.269 e. The first kappa shape index (κ1) is 13.9. The molecule has 22 heavy (non-hydrogen) atoms. The topological polar surface area (TPSA) is 80.5 Å². The van der Waals surface area contributed by atoms with E-state index < -0.39 is 16.7 Å². The maximum absolute atomic E-state index is 12.6. The summed E-state index contributed by atoms with van der Waals surface area (Å²) >= 11 is 0. The van der Waals surface area contributed by atoms with Gasteiger partial charge in [-0.2, -0.15) is 0 Å². The van der Waals surface area contributed by atoms with E-state index in [1.807, 2.05) is 0 Å². The zero-order valence-electron chi connectivity index (χ0n) is 11.7. The lowest BCUT2D eigenvalue weighted by Crippen LogP contribution is -2.44. The Bertz CT molecular complexity index is 783. The van der Waals surface area contributed by atoms with Crippen LogP contribution in [-0.4, -0.2) is 16.7 Å². The number of amides is 2. The van der Waals surface area contributed by atoms with Gasteiger partial charge in [-0.15, -0.1) is 0 Å². The van der Waals surface area contributed by atoms with Crippen LogP contribution in [0.1, 0.15) is 28.8 Å². The van der Waals surface area contributed by atoms with E-state index >= 15 is 0 Å². The van der Waals surface area contributed by atoms with Gasteiger partial charge >= 0.3 is 0 Å². The molecule has 1 unspecified atom stereocenters. The van der Waals surface area contributed by atoms with Crippen molar-refractivity contribution in [2.45, 2.75) is 12.8 Å². The number of carbonyl (C=O) groups is 2. The Kier molecular flexibility index (Phi) is 3.21. The van der Waals surface area contributed by atoms with Crippen LogP contribution in [-0.2, 0) is 4.79 Å². The Hall–Kier alpha value is -3.02. The molecule has 0 fully saturated rings. The fraction of sp³-hybridized carbons (Fsp3) is 0.125. The molecule has 2 amide bonds. The molecule has 1 aliphatic rings. The minimum absolute atomic E-state index is 0.0888. The number of fused-ring (bicyclic) bond motifs is 1. The van der Waals surface area contributed by atoms with Gasteiger partial charge in [0.25, 0.3) is 11.6 Å². The second-order valence-electron chi connectivity index (χ2n) is 5.06. The molecule has 1 heterocycles. The van der Waals surface area contributed by atoms with Crippen LogP contribution in [0.25, 0.3) is 0 Å². The van der Waals surface area contributed by atoms with Gasteiger partial charge in [-0.05, 0) is 30.7 Å². The maximum atomic E-state index is 12.6. The summed E-state index contributed by atoms with van der Waals surface area (Å²) in [7, 11) is 0. The number of non-ortho nitro benzene ring substituents is 1. The summed E-state index contributed by atoms with van der Waals surface area (Å²) in [4.78, 5) is 36.3. The van der Waals surface area contributed by atoms with E-state index in [0.717, 1.165) is 4.90 Å². The van der Waals surface area contributed by atoms with Crippen molar-refractivity contribution in [3.8, 4) is 0 Å². The molecule has 6 heteroatoms. The van der Waals surface area contributed by atoms with E-state index in [1.165, 1.54) is 24.3 Å². The molecular weight excluding hydrogens is 284 g/mol. The Morgan fingerprint density at radius 3 is 2.32 bits per heavy atom. The highest BCUT2D eigenvalue weighted by molar-refractivity contribution is 6.26. The lowest BCUT2D eigenvalue weighted by molar-refractivity contribution is -0.384. The van der Waals surface area contributed by atoms with Gasteiger partial charge in [-0.1, -0.05) is 18.2 Å². The van der Waals surface area contributed by atoms with E-state index in [1.54, 1.807) is 31.2 Å². The zero-order valence-corrected chi connectivity index (χ0v) is 11.7. The molecule has 0 spiro atoms. The predicted molar refractivity (Wildman–Crippen MR) is 79.8 cm³/mol. The first-order chi connectivity index (χ1) is 10.5. The van der Waals surface area contributed by atoms with Crippen molar-refractivity contribution >= 4 is 23.2 Å². The molecule has 0 radical (unpaired) electrons. The van der Waals surface area contributed by atoms with Crippen molar-refractivity contribution in [2.75, 3.05) is 4.90 Å². The lowest BCUT2D eigenvalue weighted by atomic mass is 9.89. The Morgan fingerprint density at radius 2 is 1.68 bits per heavy atom. The van der Waals surface area contributed by atoms with E-state index in [4.69, 9.17) is 0 Å². The predicted octanol–water partition coefficient (Wildman–Crippen LogP) is 2.89. The molecule has 0 saturated carbocycles. The van der Waals surface area contributed by atoms with E-state index in [0.29, 0.717) is 16.8 Å². The summed E-state index contributed by atoms with van der Waals surface area (Å²) in [5.74, 6) is -1.19. The Morgan fingerprint density at radius 1 is 1.05 bits per heavy atom. The van der Waals surface area contributed by atoms with Crippen LogP contribution in [0.3, 0.4) is 0 Å². The van der Waals surface area contributed by atoms with Gasteiger partial charge in [0, 0.05) is 17.7 Å². The minimum atomic E-state index is -0.526. The molecule has 110 valence electrons. The summed E-state index contributed by atoms with van der Waals surface area (Å²) < 4.78 is 0. The average Bonchev–Trinajstić information content (AvgIpc) is 2.53. The molecule has 2 aromatic rings. The Balaban J connectivity index is 2.06. The summed E-state index contributed by atoms with van der Waals surface area (Å²) in [5.41, 5.74) is 1.43. The highest BCUT2D eigenvalue weighted by Crippen LogP contribution is 2.32. The number of nitrogens with zero attached hydrogens (tertiary/aromatic N) is 2. The lowest BCUT2D eigenvalue weighted by Gasteiger charge is -2.30. The average molecular weight is 296 g/mol. The molecule has 0 N–H and O–H groups in total. The van der Waals surface area contributed by atoms with Crippen LogP contribution in [0, 0.1) is 10.1 Å². The third-order valence-electron chi connectivity index (χ3n) is 3.77. The van der Waals surface area contributed by atoms with Crippen LogP contribution in [0.4, 0.5) is 11.4 Å². The quantitative estimate of drug-likeness (QED) is 0.485. The molecule has 2 aromatic carbocycles. The standard InChI is InChI=1S/C16H12N2O4/c1-10-13-4-2-3-5-14(13)16(20)17(15(10)19)11-6-8-12(9-7-11)18(21)22/h2-10H,1H3. The van der Waals surface area contributed by atoms with Crippen LogP contribution in [0.15, 0.2) is 48.5 Å². The Labute approximate surface area is 126 Å². The van der Waals surface area contributed by atoms with E-state index in [2.05, 4.69) is 0 Å². The third-order valence-corrected chi connectivity index (χ3v) is 3.77. The highest BCUT2D eigenvalue weighted by Gasteiger charge is 2.37. The largest absolute Gasteiger partial charge is 0.273 e. The minimum Gasteiger partial charge on any atom is -0.273 e. The summed E-state index contributed by atoms with van der Waals surface area (Å²) in [5, 5.41) is 10.7. The summed E-state index contributed by atoms with van der Waals surface area (Å²) in [6.45, 7) is 1.74. The SMILES string of the molecule is CC1C(=O)N(c2ccc([N+](=O)[O-])cc2)C(=O)c2ccccc21. The van der Waals surface area contributed by atoms with Gasteiger partial charge in [0.1, 0.15) is 0 Å². The summed E-state index contributed by atoms with van der Waals surface area (Å²) in [6, 6.07) is 12.4. The molecular formula is C16H12N2O4. The number of hydrogen-bond acceptors (Lipinski definition) is 4. The number of carbonyl (C=O) groups excluding carboxylic acids is 2. The zero-order chi connectivity index (χ0) is 15.9. The monoisotopic (exact) mass is 296 g/mol. The molecule has 1 aliphatic heterocycles. The van der Waals surface area contributed by atoms with Gasteiger partial charge in [-0.3, -0.25) is 19.7 Å². The fourth-order valence-electron chi connectivity index (χ4n) is 2.58. The number of benzene rings is 2. The first-order valence-electron chi connectivity index (χ1n) is 6.72. The van der Waals surface area contributed by atoms with Crippen molar-refractivity contribution in [3.05, 3.63) is 69.8 Å². The number of anilines is 1. The number of imide groups is 1.